The minimum Gasteiger partial charge on any atom is -0.306 e. The van der Waals surface area contributed by atoms with Gasteiger partial charge in [-0.3, -0.25) is 0 Å². The average Bonchev–Trinajstić information content (AvgIpc) is 2.39. The maximum absolute atomic E-state index is 11.7. The Kier molecular flexibility index (Phi) is 5.02. The van der Waals surface area contributed by atoms with Crippen LogP contribution in [0.15, 0.2) is 0 Å². The Balaban J connectivity index is 1.92. The third-order valence-corrected chi connectivity index (χ3v) is 5.25. The summed E-state index contributed by atoms with van der Waals surface area (Å²) in [6, 6.07) is 0.672. The molecular weight excluding hydrogens is 236 g/mol. The first-order chi connectivity index (χ1) is 9.04. The monoisotopic (exact) mass is 266 g/mol. The predicted molar refractivity (Wildman–Crippen MR) is 79.3 cm³/mol. The van der Waals surface area contributed by atoms with Gasteiger partial charge in [-0.25, -0.2) is 0 Å². The van der Waals surface area contributed by atoms with Crippen molar-refractivity contribution in [2.24, 2.45) is 11.3 Å². The fraction of sp³-hybridized carbons (Fsp3) is 0.938. The van der Waals surface area contributed by atoms with E-state index in [0.29, 0.717) is 12.0 Å². The van der Waals surface area contributed by atoms with Crippen LogP contribution in [0.25, 0.3) is 0 Å². The van der Waals surface area contributed by atoms with E-state index in [9.17, 15) is 4.79 Å². The van der Waals surface area contributed by atoms with Crippen molar-refractivity contribution >= 4 is 6.29 Å². The van der Waals surface area contributed by atoms with Crippen molar-refractivity contribution in [2.75, 3.05) is 33.7 Å². The molecule has 0 N–H and O–H groups in total. The van der Waals surface area contributed by atoms with Crippen LogP contribution in [0.2, 0.25) is 0 Å². The normalized spacial score (nSPS) is 34.6. The van der Waals surface area contributed by atoms with Crippen LogP contribution in [0.1, 0.15) is 45.4 Å². The van der Waals surface area contributed by atoms with Crippen LogP contribution in [0.5, 0.6) is 0 Å². The van der Waals surface area contributed by atoms with Crippen LogP contribution in [-0.2, 0) is 4.79 Å². The average molecular weight is 266 g/mol. The van der Waals surface area contributed by atoms with E-state index in [-0.39, 0.29) is 5.41 Å². The molecule has 0 radical (unpaired) electrons. The highest BCUT2D eigenvalue weighted by atomic mass is 16.1. The highest BCUT2D eigenvalue weighted by molar-refractivity contribution is 5.60. The standard InChI is InChI=1S/C16H30N2O/c1-14-5-4-8-16(11-14,13-19)12-18(3)15-6-9-17(2)10-7-15/h13-15H,4-12H2,1-3H3. The van der Waals surface area contributed by atoms with Crippen molar-refractivity contribution in [3.05, 3.63) is 0 Å². The van der Waals surface area contributed by atoms with E-state index >= 15 is 0 Å². The number of nitrogens with zero attached hydrogens (tertiary/aromatic N) is 2. The molecular formula is C16H30N2O. The first-order valence-corrected chi connectivity index (χ1v) is 7.90. The molecule has 0 aromatic carbocycles. The fourth-order valence-electron chi connectivity index (χ4n) is 4.05. The lowest BCUT2D eigenvalue weighted by atomic mass is 9.70. The van der Waals surface area contributed by atoms with Crippen LogP contribution in [0.3, 0.4) is 0 Å². The summed E-state index contributed by atoms with van der Waals surface area (Å²) in [5.41, 5.74) is -0.0598. The van der Waals surface area contributed by atoms with E-state index in [1.165, 1.54) is 45.1 Å². The number of likely N-dealkylation sites (tertiary alicyclic amines) is 1. The molecule has 2 atom stereocenters. The Morgan fingerprint density at radius 1 is 1.32 bits per heavy atom. The maximum Gasteiger partial charge on any atom is 0.127 e. The summed E-state index contributed by atoms with van der Waals surface area (Å²) >= 11 is 0. The second-order valence-electron chi connectivity index (χ2n) is 7.13. The molecule has 19 heavy (non-hydrogen) atoms. The number of rotatable bonds is 4. The van der Waals surface area contributed by atoms with Crippen molar-refractivity contribution in [1.82, 2.24) is 9.80 Å². The third kappa shape index (κ3) is 3.79. The molecule has 3 nitrogen and oxygen atoms in total. The molecule has 2 aliphatic rings. The van der Waals surface area contributed by atoms with Crippen molar-refractivity contribution in [1.29, 1.82) is 0 Å². The molecule has 1 saturated carbocycles. The van der Waals surface area contributed by atoms with E-state index in [4.69, 9.17) is 0 Å². The second kappa shape index (κ2) is 6.36. The van der Waals surface area contributed by atoms with Gasteiger partial charge in [0.05, 0.1) is 0 Å². The summed E-state index contributed by atoms with van der Waals surface area (Å²) < 4.78 is 0. The van der Waals surface area contributed by atoms with Gasteiger partial charge < -0.3 is 14.6 Å². The Labute approximate surface area is 118 Å². The highest BCUT2D eigenvalue weighted by Gasteiger charge is 2.37. The van der Waals surface area contributed by atoms with E-state index in [1.807, 2.05) is 0 Å². The number of carbonyl (C=O) groups excluding carboxylic acids is 1. The SMILES string of the molecule is CC1CCCC(C=O)(CN(C)C2CCN(C)CC2)C1. The van der Waals surface area contributed by atoms with E-state index < -0.39 is 0 Å². The van der Waals surface area contributed by atoms with Gasteiger partial charge in [-0.15, -0.1) is 0 Å². The molecule has 2 rings (SSSR count). The van der Waals surface area contributed by atoms with Crippen molar-refractivity contribution in [2.45, 2.75) is 51.5 Å². The first kappa shape index (κ1) is 15.0. The molecule has 3 heteroatoms. The van der Waals surface area contributed by atoms with Crippen LogP contribution in [0, 0.1) is 11.3 Å². The molecule has 1 aliphatic carbocycles. The number of piperidine rings is 1. The van der Waals surface area contributed by atoms with E-state index in [2.05, 4.69) is 30.8 Å². The van der Waals surface area contributed by atoms with Gasteiger partial charge in [-0.05, 0) is 58.8 Å². The van der Waals surface area contributed by atoms with Crippen molar-refractivity contribution in [3.63, 3.8) is 0 Å². The lowest BCUT2D eigenvalue weighted by Crippen LogP contribution is -2.47. The van der Waals surface area contributed by atoms with Crippen LogP contribution in [-0.4, -0.2) is 55.9 Å². The zero-order chi connectivity index (χ0) is 13.9. The van der Waals surface area contributed by atoms with Gasteiger partial charge in [-0.1, -0.05) is 19.8 Å². The van der Waals surface area contributed by atoms with Gasteiger partial charge in [0.2, 0.25) is 0 Å². The Morgan fingerprint density at radius 3 is 2.58 bits per heavy atom. The molecule has 0 aromatic rings. The van der Waals surface area contributed by atoms with Crippen LogP contribution >= 0.6 is 0 Å². The topological polar surface area (TPSA) is 23.6 Å². The summed E-state index contributed by atoms with van der Waals surface area (Å²) in [6.07, 6.45) is 8.48. The molecule has 110 valence electrons. The zero-order valence-corrected chi connectivity index (χ0v) is 12.9. The molecule has 2 fully saturated rings. The summed E-state index contributed by atoms with van der Waals surface area (Å²) in [4.78, 5) is 16.5. The smallest absolute Gasteiger partial charge is 0.127 e. The van der Waals surface area contributed by atoms with Gasteiger partial charge in [0.15, 0.2) is 0 Å². The zero-order valence-electron chi connectivity index (χ0n) is 12.9. The molecule has 0 spiro atoms. The van der Waals surface area contributed by atoms with Crippen molar-refractivity contribution < 1.29 is 4.79 Å². The summed E-state index contributed by atoms with van der Waals surface area (Å²) in [5.74, 6) is 0.713. The van der Waals surface area contributed by atoms with Gasteiger partial charge in [0, 0.05) is 18.0 Å². The minimum absolute atomic E-state index is 0.0598. The first-order valence-electron chi connectivity index (χ1n) is 7.90. The third-order valence-electron chi connectivity index (χ3n) is 5.25. The Morgan fingerprint density at radius 2 is 2.00 bits per heavy atom. The quantitative estimate of drug-likeness (QED) is 0.730. The Bertz CT molecular complexity index is 299. The van der Waals surface area contributed by atoms with Gasteiger partial charge >= 0.3 is 0 Å². The van der Waals surface area contributed by atoms with Crippen molar-refractivity contribution in [3.8, 4) is 0 Å². The molecule has 0 bridgehead atoms. The molecule has 1 aliphatic heterocycles. The van der Waals surface area contributed by atoms with E-state index in [0.717, 1.165) is 19.4 Å². The van der Waals surface area contributed by atoms with Crippen LogP contribution in [0.4, 0.5) is 0 Å². The maximum atomic E-state index is 11.7. The molecule has 0 aromatic heterocycles. The lowest BCUT2D eigenvalue weighted by molar-refractivity contribution is -0.120. The van der Waals surface area contributed by atoms with Gasteiger partial charge in [0.25, 0.3) is 0 Å². The predicted octanol–water partition coefficient (Wildman–Crippen LogP) is 2.41. The number of hydrogen-bond acceptors (Lipinski definition) is 3. The largest absolute Gasteiger partial charge is 0.306 e. The molecule has 2 unspecified atom stereocenters. The summed E-state index contributed by atoms with van der Waals surface area (Å²) in [5, 5.41) is 0. The molecule has 1 heterocycles. The van der Waals surface area contributed by atoms with Gasteiger partial charge in [0.1, 0.15) is 6.29 Å². The summed E-state index contributed by atoms with van der Waals surface area (Å²) in [7, 11) is 4.42. The number of carbonyl (C=O) groups is 1. The fourth-order valence-corrected chi connectivity index (χ4v) is 4.05. The molecule has 1 saturated heterocycles. The second-order valence-corrected chi connectivity index (χ2v) is 7.13. The van der Waals surface area contributed by atoms with Crippen LogP contribution < -0.4 is 0 Å². The van der Waals surface area contributed by atoms with Gasteiger partial charge in [-0.2, -0.15) is 0 Å². The van der Waals surface area contributed by atoms with E-state index in [1.54, 1.807) is 0 Å². The highest BCUT2D eigenvalue weighted by Crippen LogP contribution is 2.38. The summed E-state index contributed by atoms with van der Waals surface area (Å²) in [6.45, 7) is 5.65. The number of hydrogen-bond donors (Lipinski definition) is 0. The minimum atomic E-state index is -0.0598. The number of aldehydes is 1. The lowest BCUT2D eigenvalue weighted by Gasteiger charge is -2.42. The Hall–Kier alpha value is -0.410. The molecule has 0 amide bonds.